The van der Waals surface area contributed by atoms with Crippen molar-refractivity contribution in [1.82, 2.24) is 5.32 Å². The smallest absolute Gasteiger partial charge is 0.236 e. The molecule has 0 aromatic heterocycles. The van der Waals surface area contributed by atoms with Crippen LogP contribution in [0.3, 0.4) is 0 Å². The van der Waals surface area contributed by atoms with E-state index >= 15 is 0 Å². The first kappa shape index (κ1) is 10.9. The molecule has 0 rings (SSSR count). The van der Waals surface area contributed by atoms with Gasteiger partial charge < -0.3 is 11.1 Å². The third-order valence-electron chi connectivity index (χ3n) is 1.54. The molecule has 0 aliphatic carbocycles. The molecule has 4 heteroatoms. The molecule has 0 aromatic rings. The zero-order valence-electron chi connectivity index (χ0n) is 7.34. The Kier molecular flexibility index (Phi) is 6.02. The van der Waals surface area contributed by atoms with Gasteiger partial charge in [0.2, 0.25) is 5.91 Å². The van der Waals surface area contributed by atoms with Crippen molar-refractivity contribution in [3.8, 4) is 6.07 Å². The number of nitrogens with zero attached hydrogens (tertiary/aromatic N) is 1. The average Bonchev–Trinajstić information content (AvgIpc) is 2.10. The van der Waals surface area contributed by atoms with E-state index in [0.29, 0.717) is 25.8 Å². The highest BCUT2D eigenvalue weighted by atomic mass is 16.2. The van der Waals surface area contributed by atoms with Gasteiger partial charge in [-0.15, -0.1) is 0 Å². The Labute approximate surface area is 72.7 Å². The molecule has 1 unspecified atom stereocenters. The number of carbonyl (C=O) groups excluding carboxylic acids is 1. The Hall–Kier alpha value is -1.08. The molecule has 0 saturated carbocycles. The molecule has 0 aromatic carbocycles. The quantitative estimate of drug-likeness (QED) is 0.575. The van der Waals surface area contributed by atoms with Gasteiger partial charge in [-0.25, -0.2) is 0 Å². The largest absolute Gasteiger partial charge is 0.355 e. The summed E-state index contributed by atoms with van der Waals surface area (Å²) in [6, 6.07) is 1.59. The zero-order valence-corrected chi connectivity index (χ0v) is 7.34. The number of hydrogen-bond acceptors (Lipinski definition) is 3. The number of nitriles is 1. The first-order chi connectivity index (χ1) is 5.72. The molecule has 0 heterocycles. The Morgan fingerprint density at radius 2 is 2.42 bits per heavy atom. The van der Waals surface area contributed by atoms with Gasteiger partial charge in [0.05, 0.1) is 12.1 Å². The van der Waals surface area contributed by atoms with Crippen LogP contribution in [-0.2, 0) is 4.79 Å². The van der Waals surface area contributed by atoms with Crippen molar-refractivity contribution in [2.24, 2.45) is 5.73 Å². The van der Waals surface area contributed by atoms with Gasteiger partial charge in [-0.2, -0.15) is 5.26 Å². The summed E-state index contributed by atoms with van der Waals surface area (Å²) in [5.41, 5.74) is 5.45. The van der Waals surface area contributed by atoms with Crippen LogP contribution >= 0.6 is 0 Å². The lowest BCUT2D eigenvalue weighted by Crippen LogP contribution is -2.40. The number of carbonyl (C=O) groups is 1. The molecule has 0 aliphatic heterocycles. The molecule has 0 fully saturated rings. The molecule has 68 valence electrons. The second-order valence-electron chi connectivity index (χ2n) is 2.57. The molecular weight excluding hydrogens is 154 g/mol. The highest BCUT2D eigenvalue weighted by Crippen LogP contribution is 1.87. The molecule has 4 nitrogen and oxygen atoms in total. The van der Waals surface area contributed by atoms with Gasteiger partial charge >= 0.3 is 0 Å². The average molecular weight is 169 g/mol. The van der Waals surface area contributed by atoms with E-state index in [1.54, 1.807) is 0 Å². The van der Waals surface area contributed by atoms with Crippen LogP contribution < -0.4 is 11.1 Å². The van der Waals surface area contributed by atoms with Crippen LogP contribution in [0.2, 0.25) is 0 Å². The maximum absolute atomic E-state index is 11.0. The fourth-order valence-electron chi connectivity index (χ4n) is 0.696. The zero-order chi connectivity index (χ0) is 9.40. The number of nitrogens with two attached hydrogens (primary N) is 1. The minimum Gasteiger partial charge on any atom is -0.355 e. The normalized spacial score (nSPS) is 11.8. The van der Waals surface area contributed by atoms with Gasteiger partial charge in [-0.05, 0) is 12.8 Å². The van der Waals surface area contributed by atoms with Crippen LogP contribution in [0.5, 0.6) is 0 Å². The highest BCUT2D eigenvalue weighted by Gasteiger charge is 2.08. The van der Waals surface area contributed by atoms with Gasteiger partial charge in [0.1, 0.15) is 0 Å². The second-order valence-corrected chi connectivity index (χ2v) is 2.57. The summed E-state index contributed by atoms with van der Waals surface area (Å²) in [5.74, 6) is -0.129. The van der Waals surface area contributed by atoms with Crippen LogP contribution in [0, 0.1) is 11.3 Å². The summed E-state index contributed by atoms with van der Waals surface area (Å²) in [4.78, 5) is 11.0. The summed E-state index contributed by atoms with van der Waals surface area (Å²) >= 11 is 0. The molecule has 0 radical (unpaired) electrons. The molecule has 1 amide bonds. The van der Waals surface area contributed by atoms with Crippen molar-refractivity contribution >= 4 is 5.91 Å². The number of amides is 1. The Balaban J connectivity index is 3.39. The Bertz CT molecular complexity index is 174. The predicted octanol–water partition coefficient (Wildman–Crippen LogP) is 0.144. The van der Waals surface area contributed by atoms with Crippen molar-refractivity contribution in [3.05, 3.63) is 0 Å². The maximum Gasteiger partial charge on any atom is 0.236 e. The fraction of sp³-hybridized carbons (Fsp3) is 0.750. The molecule has 0 saturated heterocycles. The van der Waals surface area contributed by atoms with Crippen LogP contribution in [-0.4, -0.2) is 18.5 Å². The van der Waals surface area contributed by atoms with E-state index in [1.165, 1.54) is 0 Å². The van der Waals surface area contributed by atoms with Crippen molar-refractivity contribution in [2.75, 3.05) is 6.54 Å². The van der Waals surface area contributed by atoms with Crippen molar-refractivity contribution in [2.45, 2.75) is 32.2 Å². The van der Waals surface area contributed by atoms with Gasteiger partial charge in [-0.1, -0.05) is 6.92 Å². The van der Waals surface area contributed by atoms with E-state index in [0.717, 1.165) is 0 Å². The lowest BCUT2D eigenvalue weighted by Gasteiger charge is -2.08. The summed E-state index contributed by atoms with van der Waals surface area (Å²) in [5, 5.41) is 10.9. The fourth-order valence-corrected chi connectivity index (χ4v) is 0.696. The van der Waals surface area contributed by atoms with Crippen LogP contribution in [0.1, 0.15) is 26.2 Å². The van der Waals surface area contributed by atoms with Crippen molar-refractivity contribution in [3.63, 3.8) is 0 Å². The summed E-state index contributed by atoms with van der Waals surface area (Å²) < 4.78 is 0. The molecule has 1 atom stereocenters. The molecule has 12 heavy (non-hydrogen) atoms. The molecule has 3 N–H and O–H groups in total. The topological polar surface area (TPSA) is 78.9 Å². The van der Waals surface area contributed by atoms with Gasteiger partial charge in [-0.3, -0.25) is 4.79 Å². The van der Waals surface area contributed by atoms with E-state index in [2.05, 4.69) is 5.32 Å². The first-order valence-corrected chi connectivity index (χ1v) is 4.12. The number of unbranched alkanes of at least 4 members (excludes halogenated alkanes) is 1. The lowest BCUT2D eigenvalue weighted by molar-refractivity contribution is -0.122. The summed E-state index contributed by atoms with van der Waals surface area (Å²) in [6.45, 7) is 2.40. The first-order valence-electron chi connectivity index (χ1n) is 4.12. The van der Waals surface area contributed by atoms with Crippen LogP contribution in [0.4, 0.5) is 0 Å². The van der Waals surface area contributed by atoms with Crippen LogP contribution in [0.25, 0.3) is 0 Å². The second kappa shape index (κ2) is 6.62. The maximum atomic E-state index is 11.0. The minimum absolute atomic E-state index is 0.129. The highest BCUT2D eigenvalue weighted by molar-refractivity contribution is 5.81. The Morgan fingerprint density at radius 3 is 2.92 bits per heavy atom. The van der Waals surface area contributed by atoms with E-state index in [1.807, 2.05) is 13.0 Å². The molecule has 0 spiro atoms. The Morgan fingerprint density at radius 1 is 1.75 bits per heavy atom. The number of nitrogens with one attached hydrogen (secondary N) is 1. The number of rotatable bonds is 5. The van der Waals surface area contributed by atoms with E-state index in [4.69, 9.17) is 11.0 Å². The standard InChI is InChI=1S/C8H15N3O/c1-2-7(10)8(12)11-6-4-3-5-9/h7H,2-4,6,10H2,1H3,(H,11,12). The van der Waals surface area contributed by atoms with E-state index in [9.17, 15) is 4.79 Å². The SMILES string of the molecule is CCC(N)C(=O)NCCCC#N. The van der Waals surface area contributed by atoms with E-state index < -0.39 is 6.04 Å². The van der Waals surface area contributed by atoms with E-state index in [-0.39, 0.29) is 5.91 Å². The molecule has 0 aliphatic rings. The lowest BCUT2D eigenvalue weighted by atomic mass is 10.2. The van der Waals surface area contributed by atoms with Gasteiger partial charge in [0.15, 0.2) is 0 Å². The van der Waals surface area contributed by atoms with Gasteiger partial charge in [0.25, 0.3) is 0 Å². The van der Waals surface area contributed by atoms with Gasteiger partial charge in [0, 0.05) is 13.0 Å². The van der Waals surface area contributed by atoms with Crippen molar-refractivity contribution < 1.29 is 4.79 Å². The monoisotopic (exact) mass is 169 g/mol. The summed E-state index contributed by atoms with van der Waals surface area (Å²) in [7, 11) is 0. The van der Waals surface area contributed by atoms with Crippen molar-refractivity contribution in [1.29, 1.82) is 5.26 Å². The third-order valence-corrected chi connectivity index (χ3v) is 1.54. The number of hydrogen-bond donors (Lipinski definition) is 2. The third kappa shape index (κ3) is 4.69. The predicted molar refractivity (Wildman–Crippen MR) is 46.1 cm³/mol. The molecule has 0 bridgehead atoms. The summed E-state index contributed by atoms with van der Waals surface area (Å²) in [6.07, 6.45) is 1.81. The van der Waals surface area contributed by atoms with Crippen LogP contribution in [0.15, 0.2) is 0 Å². The minimum atomic E-state index is -0.410. The molecular formula is C8H15N3O.